The van der Waals surface area contributed by atoms with Gasteiger partial charge in [-0.2, -0.15) is 5.10 Å². The summed E-state index contributed by atoms with van der Waals surface area (Å²) < 4.78 is 13.2. The number of aryl methyl sites for hydroxylation is 3. The maximum atomic E-state index is 5.71. The van der Waals surface area contributed by atoms with Gasteiger partial charge in [0.05, 0.1) is 25.2 Å². The molecule has 1 aromatic carbocycles. The van der Waals surface area contributed by atoms with Gasteiger partial charge >= 0.3 is 0 Å². The Morgan fingerprint density at radius 1 is 1.13 bits per heavy atom. The molecule has 2 aromatic heterocycles. The fourth-order valence-corrected chi connectivity index (χ4v) is 4.20. The Balaban J connectivity index is 1.62. The van der Waals surface area contributed by atoms with Crippen molar-refractivity contribution in [1.29, 1.82) is 0 Å². The van der Waals surface area contributed by atoms with Crippen LogP contribution in [0.5, 0.6) is 5.75 Å². The average molecular weight is 408 g/mol. The number of nitrogens with one attached hydrogen (secondary N) is 1. The van der Waals surface area contributed by atoms with Gasteiger partial charge < -0.3 is 14.8 Å². The summed E-state index contributed by atoms with van der Waals surface area (Å²) in [4.78, 5) is 9.13. The first kappa shape index (κ1) is 20.3. The Morgan fingerprint density at radius 2 is 1.93 bits per heavy atom. The second kappa shape index (κ2) is 8.44. The third-order valence-corrected chi connectivity index (χ3v) is 5.83. The fraction of sp³-hybridized carbons (Fsp3) is 0.435. The molecule has 0 amide bonds. The Labute approximate surface area is 177 Å². The lowest BCUT2D eigenvalue weighted by molar-refractivity contribution is 0.0535. The summed E-state index contributed by atoms with van der Waals surface area (Å²) in [5.74, 6) is 2.36. The molecule has 3 aromatic rings. The SMILES string of the molecule is COc1ccc(C)cc1C1(CNc2cncc(-n3nc(C)cc3C)n2)CCOCC1. The lowest BCUT2D eigenvalue weighted by atomic mass is 9.73. The number of nitrogens with zero attached hydrogens (tertiary/aromatic N) is 4. The van der Waals surface area contributed by atoms with Gasteiger partial charge in [-0.1, -0.05) is 17.7 Å². The molecule has 1 N–H and O–H groups in total. The highest BCUT2D eigenvalue weighted by molar-refractivity contribution is 5.45. The van der Waals surface area contributed by atoms with E-state index in [1.54, 1.807) is 19.5 Å². The number of rotatable bonds is 6. The van der Waals surface area contributed by atoms with E-state index < -0.39 is 0 Å². The Morgan fingerprint density at radius 3 is 2.63 bits per heavy atom. The van der Waals surface area contributed by atoms with Crippen LogP contribution in [0.25, 0.3) is 5.82 Å². The molecule has 0 bridgehead atoms. The number of methoxy groups -OCH3 is 1. The second-order valence-corrected chi connectivity index (χ2v) is 8.05. The van der Waals surface area contributed by atoms with Crippen LogP contribution in [0.2, 0.25) is 0 Å². The highest BCUT2D eigenvalue weighted by Crippen LogP contribution is 2.40. The van der Waals surface area contributed by atoms with E-state index in [-0.39, 0.29) is 5.41 Å². The largest absolute Gasteiger partial charge is 0.496 e. The van der Waals surface area contributed by atoms with E-state index in [9.17, 15) is 0 Å². The Kier molecular flexibility index (Phi) is 5.72. The predicted molar refractivity (Wildman–Crippen MR) is 117 cm³/mol. The van der Waals surface area contributed by atoms with E-state index in [0.29, 0.717) is 5.82 Å². The first-order valence-electron chi connectivity index (χ1n) is 10.3. The summed E-state index contributed by atoms with van der Waals surface area (Å²) in [6, 6.07) is 8.42. The third-order valence-electron chi connectivity index (χ3n) is 5.83. The first-order valence-corrected chi connectivity index (χ1v) is 10.3. The van der Waals surface area contributed by atoms with Crippen LogP contribution in [0, 0.1) is 20.8 Å². The first-order chi connectivity index (χ1) is 14.5. The van der Waals surface area contributed by atoms with Crippen molar-refractivity contribution in [2.24, 2.45) is 0 Å². The predicted octanol–water partition coefficient (Wildman–Crippen LogP) is 3.76. The van der Waals surface area contributed by atoms with Crippen molar-refractivity contribution in [1.82, 2.24) is 19.7 Å². The number of hydrogen-bond acceptors (Lipinski definition) is 6. The summed E-state index contributed by atoms with van der Waals surface area (Å²) in [5.41, 5.74) is 4.35. The summed E-state index contributed by atoms with van der Waals surface area (Å²) in [5, 5.41) is 8.05. The van der Waals surface area contributed by atoms with Gasteiger partial charge in [-0.3, -0.25) is 4.98 Å². The molecule has 30 heavy (non-hydrogen) atoms. The molecule has 3 heterocycles. The number of aromatic nitrogens is 4. The molecular weight excluding hydrogens is 378 g/mol. The number of ether oxygens (including phenoxy) is 2. The molecule has 4 rings (SSSR count). The van der Waals surface area contributed by atoms with Crippen LogP contribution in [0.4, 0.5) is 5.82 Å². The minimum absolute atomic E-state index is 0.0918. The number of hydrogen-bond donors (Lipinski definition) is 1. The van der Waals surface area contributed by atoms with Crippen molar-refractivity contribution in [2.45, 2.75) is 39.0 Å². The van der Waals surface area contributed by atoms with Gasteiger partial charge in [0.25, 0.3) is 0 Å². The molecule has 1 aliphatic rings. The van der Waals surface area contributed by atoms with E-state index in [0.717, 1.165) is 55.6 Å². The van der Waals surface area contributed by atoms with Crippen LogP contribution in [0.3, 0.4) is 0 Å². The molecule has 1 saturated heterocycles. The molecule has 0 spiro atoms. The molecule has 1 aliphatic heterocycles. The normalized spacial score (nSPS) is 15.7. The van der Waals surface area contributed by atoms with E-state index in [1.165, 1.54) is 11.1 Å². The average Bonchev–Trinajstić information content (AvgIpc) is 3.11. The molecule has 0 aliphatic carbocycles. The van der Waals surface area contributed by atoms with Gasteiger partial charge in [0.15, 0.2) is 5.82 Å². The second-order valence-electron chi connectivity index (χ2n) is 8.05. The maximum Gasteiger partial charge on any atom is 0.174 e. The van der Waals surface area contributed by atoms with Crippen molar-refractivity contribution >= 4 is 5.82 Å². The molecule has 1 fully saturated rings. The van der Waals surface area contributed by atoms with Crippen LogP contribution in [-0.2, 0) is 10.2 Å². The molecule has 7 heteroatoms. The van der Waals surface area contributed by atoms with E-state index in [4.69, 9.17) is 14.5 Å². The molecule has 158 valence electrons. The minimum atomic E-state index is -0.0918. The molecule has 0 radical (unpaired) electrons. The van der Waals surface area contributed by atoms with Gasteiger partial charge in [0.1, 0.15) is 11.6 Å². The van der Waals surface area contributed by atoms with Crippen LogP contribution >= 0.6 is 0 Å². The Bertz CT molecular complexity index is 1020. The summed E-state index contributed by atoms with van der Waals surface area (Å²) in [6.45, 7) is 8.30. The van der Waals surface area contributed by atoms with Gasteiger partial charge in [-0.15, -0.1) is 0 Å². The lowest BCUT2D eigenvalue weighted by Crippen LogP contribution is -2.40. The standard InChI is InChI=1S/C23H29N5O2/c1-16-5-6-20(29-4)19(11-16)23(7-9-30-10-8-23)15-25-21-13-24-14-22(26-21)28-18(3)12-17(2)27-28/h5-6,11-14H,7-10,15H2,1-4H3,(H,25,26). The minimum Gasteiger partial charge on any atom is -0.496 e. The van der Waals surface area contributed by atoms with Crippen molar-refractivity contribution in [3.8, 4) is 11.6 Å². The number of benzene rings is 1. The van der Waals surface area contributed by atoms with Crippen LogP contribution in [0.15, 0.2) is 36.7 Å². The fourth-order valence-electron chi connectivity index (χ4n) is 4.20. The summed E-state index contributed by atoms with van der Waals surface area (Å²) in [6.07, 6.45) is 5.34. The highest BCUT2D eigenvalue weighted by Gasteiger charge is 2.37. The van der Waals surface area contributed by atoms with Crippen molar-refractivity contribution in [3.05, 3.63) is 59.2 Å². The monoisotopic (exact) mass is 407 g/mol. The zero-order chi connectivity index (χ0) is 21.1. The van der Waals surface area contributed by atoms with Gasteiger partial charge in [0.2, 0.25) is 0 Å². The zero-order valence-corrected chi connectivity index (χ0v) is 18.1. The van der Waals surface area contributed by atoms with Gasteiger partial charge in [-0.05, 0) is 45.7 Å². The molecule has 0 atom stereocenters. The van der Waals surface area contributed by atoms with Crippen LogP contribution in [0.1, 0.15) is 35.4 Å². The summed E-state index contributed by atoms with van der Waals surface area (Å²) in [7, 11) is 1.73. The highest BCUT2D eigenvalue weighted by atomic mass is 16.5. The van der Waals surface area contributed by atoms with Crippen molar-refractivity contribution in [2.75, 3.05) is 32.2 Å². The third kappa shape index (κ3) is 4.03. The maximum absolute atomic E-state index is 5.71. The van der Waals surface area contributed by atoms with Gasteiger partial charge in [0, 0.05) is 36.4 Å². The number of anilines is 1. The Hall–Kier alpha value is -2.93. The zero-order valence-electron chi connectivity index (χ0n) is 18.1. The quantitative estimate of drug-likeness (QED) is 0.671. The smallest absolute Gasteiger partial charge is 0.174 e. The van der Waals surface area contributed by atoms with Crippen LogP contribution < -0.4 is 10.1 Å². The van der Waals surface area contributed by atoms with E-state index in [1.807, 2.05) is 24.6 Å². The van der Waals surface area contributed by atoms with E-state index >= 15 is 0 Å². The lowest BCUT2D eigenvalue weighted by Gasteiger charge is -2.39. The van der Waals surface area contributed by atoms with Crippen molar-refractivity contribution < 1.29 is 9.47 Å². The van der Waals surface area contributed by atoms with Crippen molar-refractivity contribution in [3.63, 3.8) is 0 Å². The van der Waals surface area contributed by atoms with E-state index in [2.05, 4.69) is 40.5 Å². The molecular formula is C23H29N5O2. The molecule has 7 nitrogen and oxygen atoms in total. The molecule has 0 unspecified atom stereocenters. The topological polar surface area (TPSA) is 74.1 Å². The van der Waals surface area contributed by atoms with Gasteiger partial charge in [-0.25, -0.2) is 9.67 Å². The van der Waals surface area contributed by atoms with Crippen LogP contribution in [-0.4, -0.2) is 46.6 Å². The summed E-state index contributed by atoms with van der Waals surface area (Å²) >= 11 is 0. The molecule has 0 saturated carbocycles.